The highest BCUT2D eigenvalue weighted by Gasteiger charge is 2.21. The number of methoxy groups -OCH3 is 1. The lowest BCUT2D eigenvalue weighted by Crippen LogP contribution is -2.46. The standard InChI is InChI=1S/C29H31N3O3/c1-20(25-9-7-22-6-5-21(19-30)16-26(22)25)4-3-11-31-12-14-32(15-13-31)24-8-10-27-23(17-24)18-28(35-27)29(33)34-2/h5-6,8-10,16-18,20H,3-4,7,11-15H2,1-2H3. The van der Waals surface area contributed by atoms with Crippen LogP contribution in [0.3, 0.4) is 0 Å². The second-order valence-electron chi connectivity index (χ2n) is 9.54. The summed E-state index contributed by atoms with van der Waals surface area (Å²) in [5.41, 5.74) is 6.64. The predicted molar refractivity (Wildman–Crippen MR) is 137 cm³/mol. The van der Waals surface area contributed by atoms with Crippen molar-refractivity contribution in [2.45, 2.75) is 26.2 Å². The number of hydrogen-bond donors (Lipinski definition) is 0. The van der Waals surface area contributed by atoms with Crippen LogP contribution in [0.4, 0.5) is 5.69 Å². The van der Waals surface area contributed by atoms with Gasteiger partial charge in [-0.05, 0) is 84.8 Å². The van der Waals surface area contributed by atoms with E-state index in [1.807, 2.05) is 12.1 Å². The van der Waals surface area contributed by atoms with Gasteiger partial charge in [0.25, 0.3) is 0 Å². The Kier molecular flexibility index (Phi) is 6.61. The third kappa shape index (κ3) is 4.82. The van der Waals surface area contributed by atoms with E-state index in [-0.39, 0.29) is 5.76 Å². The molecule has 35 heavy (non-hydrogen) atoms. The van der Waals surface area contributed by atoms with E-state index in [1.165, 1.54) is 30.2 Å². The number of carbonyl (C=O) groups is 1. The number of nitriles is 1. The second kappa shape index (κ2) is 9.97. The van der Waals surface area contributed by atoms with Crippen LogP contribution in [0.25, 0.3) is 16.5 Å². The number of anilines is 1. The van der Waals surface area contributed by atoms with Gasteiger partial charge in [-0.15, -0.1) is 0 Å². The van der Waals surface area contributed by atoms with E-state index < -0.39 is 5.97 Å². The Hall–Kier alpha value is -3.56. The van der Waals surface area contributed by atoms with Crippen LogP contribution in [0.2, 0.25) is 0 Å². The van der Waals surface area contributed by atoms with Crippen LogP contribution >= 0.6 is 0 Å². The SMILES string of the molecule is COC(=O)c1cc2cc(N3CCN(CCCC(C)C4=CCc5ccc(C#N)cc54)CC3)ccc2o1. The normalized spacial score (nSPS) is 16.6. The molecular formula is C29H31N3O3. The van der Waals surface area contributed by atoms with Crippen molar-refractivity contribution in [2.24, 2.45) is 5.92 Å². The van der Waals surface area contributed by atoms with Crippen molar-refractivity contribution < 1.29 is 13.9 Å². The number of esters is 1. The van der Waals surface area contributed by atoms with E-state index in [9.17, 15) is 10.1 Å². The van der Waals surface area contributed by atoms with Crippen molar-refractivity contribution in [3.8, 4) is 6.07 Å². The van der Waals surface area contributed by atoms with Crippen LogP contribution in [-0.4, -0.2) is 50.7 Å². The molecule has 0 amide bonds. The van der Waals surface area contributed by atoms with E-state index in [0.717, 1.165) is 62.2 Å². The molecule has 1 aliphatic heterocycles. The van der Waals surface area contributed by atoms with Gasteiger partial charge in [0.15, 0.2) is 0 Å². The fraction of sp³-hybridized carbons (Fsp3) is 0.379. The van der Waals surface area contributed by atoms with E-state index in [0.29, 0.717) is 11.5 Å². The molecule has 3 aromatic rings. The third-order valence-corrected chi connectivity index (χ3v) is 7.36. The number of benzene rings is 2. The number of hydrogen-bond acceptors (Lipinski definition) is 6. The summed E-state index contributed by atoms with van der Waals surface area (Å²) in [7, 11) is 1.36. The fourth-order valence-electron chi connectivity index (χ4n) is 5.32. The summed E-state index contributed by atoms with van der Waals surface area (Å²) in [6.07, 6.45) is 5.66. The van der Waals surface area contributed by atoms with E-state index in [2.05, 4.69) is 53.1 Å². The van der Waals surface area contributed by atoms with Crippen molar-refractivity contribution in [1.29, 1.82) is 5.26 Å². The van der Waals surface area contributed by atoms with Crippen molar-refractivity contribution in [1.82, 2.24) is 4.90 Å². The molecule has 180 valence electrons. The lowest BCUT2D eigenvalue weighted by molar-refractivity contribution is 0.0567. The zero-order valence-electron chi connectivity index (χ0n) is 20.4. The molecule has 1 saturated heterocycles. The van der Waals surface area contributed by atoms with Gasteiger partial charge in [-0.2, -0.15) is 5.26 Å². The van der Waals surface area contributed by atoms with Crippen molar-refractivity contribution in [3.05, 3.63) is 71.0 Å². The third-order valence-electron chi connectivity index (χ3n) is 7.36. The molecule has 1 aliphatic carbocycles. The maximum atomic E-state index is 11.7. The van der Waals surface area contributed by atoms with Crippen LogP contribution in [0, 0.1) is 17.2 Å². The molecular weight excluding hydrogens is 438 g/mol. The maximum Gasteiger partial charge on any atom is 0.373 e. The summed E-state index contributed by atoms with van der Waals surface area (Å²) < 4.78 is 10.4. The molecule has 5 rings (SSSR count). The number of rotatable bonds is 7. The largest absolute Gasteiger partial charge is 0.463 e. The Labute approximate surface area is 206 Å². The summed E-state index contributed by atoms with van der Waals surface area (Å²) in [4.78, 5) is 16.7. The number of carbonyl (C=O) groups excluding carboxylic acids is 1. The number of fused-ring (bicyclic) bond motifs is 2. The van der Waals surface area contributed by atoms with Gasteiger partial charge in [-0.25, -0.2) is 4.79 Å². The molecule has 0 N–H and O–H groups in total. The van der Waals surface area contributed by atoms with Crippen LogP contribution in [-0.2, 0) is 11.2 Å². The molecule has 0 spiro atoms. The average molecular weight is 470 g/mol. The smallest absolute Gasteiger partial charge is 0.373 e. The quantitative estimate of drug-likeness (QED) is 0.439. The lowest BCUT2D eigenvalue weighted by Gasteiger charge is -2.36. The monoisotopic (exact) mass is 469 g/mol. The minimum Gasteiger partial charge on any atom is -0.463 e. The van der Waals surface area contributed by atoms with Crippen LogP contribution in [0.5, 0.6) is 0 Å². The molecule has 6 nitrogen and oxygen atoms in total. The number of allylic oxidation sites excluding steroid dienone is 2. The van der Waals surface area contributed by atoms with Crippen LogP contribution < -0.4 is 4.90 Å². The maximum absolute atomic E-state index is 11.7. The zero-order chi connectivity index (χ0) is 24.4. The average Bonchev–Trinajstić information content (AvgIpc) is 3.52. The molecule has 0 radical (unpaired) electrons. The van der Waals surface area contributed by atoms with Gasteiger partial charge < -0.3 is 14.1 Å². The number of nitrogens with zero attached hydrogens (tertiary/aromatic N) is 3. The van der Waals surface area contributed by atoms with Crippen molar-refractivity contribution in [3.63, 3.8) is 0 Å². The summed E-state index contributed by atoms with van der Waals surface area (Å²) in [5.74, 6) is 0.287. The zero-order valence-corrected chi connectivity index (χ0v) is 20.4. The van der Waals surface area contributed by atoms with E-state index >= 15 is 0 Å². The minimum atomic E-state index is -0.453. The van der Waals surface area contributed by atoms with Gasteiger partial charge in [0.1, 0.15) is 5.58 Å². The predicted octanol–water partition coefficient (Wildman–Crippen LogP) is 5.27. The Bertz CT molecular complexity index is 1310. The number of piperazine rings is 1. The summed E-state index contributed by atoms with van der Waals surface area (Å²) >= 11 is 0. The highest BCUT2D eigenvalue weighted by molar-refractivity contribution is 5.93. The first-order valence-corrected chi connectivity index (χ1v) is 12.4. The van der Waals surface area contributed by atoms with Gasteiger partial charge >= 0.3 is 5.97 Å². The lowest BCUT2D eigenvalue weighted by atomic mass is 9.91. The molecule has 6 heteroatoms. The Morgan fingerprint density at radius 2 is 1.97 bits per heavy atom. The topological polar surface area (TPSA) is 69.7 Å². The highest BCUT2D eigenvalue weighted by Crippen LogP contribution is 2.35. The van der Waals surface area contributed by atoms with Gasteiger partial charge in [-0.1, -0.05) is 19.1 Å². The number of furan rings is 1. The second-order valence-corrected chi connectivity index (χ2v) is 9.54. The molecule has 2 aliphatic rings. The van der Waals surface area contributed by atoms with Gasteiger partial charge in [0.05, 0.1) is 18.7 Å². The first-order chi connectivity index (χ1) is 17.1. The molecule has 2 heterocycles. The molecule has 1 atom stereocenters. The Morgan fingerprint density at radius 3 is 2.74 bits per heavy atom. The van der Waals surface area contributed by atoms with Crippen LogP contribution in [0.15, 0.2) is 53.0 Å². The van der Waals surface area contributed by atoms with Gasteiger partial charge in [0.2, 0.25) is 5.76 Å². The molecule has 2 aromatic carbocycles. The van der Waals surface area contributed by atoms with Gasteiger partial charge in [-0.3, -0.25) is 4.90 Å². The Balaban J connectivity index is 1.11. The van der Waals surface area contributed by atoms with Crippen molar-refractivity contribution >= 4 is 28.2 Å². The Morgan fingerprint density at radius 1 is 1.14 bits per heavy atom. The van der Waals surface area contributed by atoms with Crippen LogP contribution in [0.1, 0.15) is 47.0 Å². The minimum absolute atomic E-state index is 0.237. The van der Waals surface area contributed by atoms with E-state index in [4.69, 9.17) is 9.15 Å². The summed E-state index contributed by atoms with van der Waals surface area (Å²) in [6.45, 7) is 7.48. The highest BCUT2D eigenvalue weighted by atomic mass is 16.5. The molecule has 0 saturated carbocycles. The first kappa shape index (κ1) is 23.2. The van der Waals surface area contributed by atoms with Crippen molar-refractivity contribution in [2.75, 3.05) is 44.7 Å². The van der Waals surface area contributed by atoms with E-state index in [1.54, 1.807) is 6.07 Å². The summed E-state index contributed by atoms with van der Waals surface area (Å²) in [5, 5.41) is 10.2. The molecule has 1 aromatic heterocycles. The molecule has 0 bridgehead atoms. The van der Waals surface area contributed by atoms with Gasteiger partial charge in [0, 0.05) is 37.3 Å². The fourth-order valence-corrected chi connectivity index (χ4v) is 5.32. The molecule has 1 fully saturated rings. The molecule has 1 unspecified atom stereocenters. The number of ether oxygens (including phenoxy) is 1. The summed E-state index contributed by atoms with van der Waals surface area (Å²) in [6, 6.07) is 16.2. The first-order valence-electron chi connectivity index (χ1n) is 12.4.